The van der Waals surface area contributed by atoms with Gasteiger partial charge in [0.05, 0.1) is 29.3 Å². The molecule has 4 unspecified atom stereocenters. The van der Waals surface area contributed by atoms with Crippen LogP contribution in [0.1, 0.15) is 19.4 Å². The van der Waals surface area contributed by atoms with Crippen LogP contribution in [0.5, 0.6) is 0 Å². The van der Waals surface area contributed by atoms with Crippen LogP contribution in [-0.2, 0) is 19.0 Å². The van der Waals surface area contributed by atoms with E-state index >= 15 is 0 Å². The lowest BCUT2D eigenvalue weighted by molar-refractivity contribution is -0.0218. The van der Waals surface area contributed by atoms with Crippen LogP contribution < -0.4 is 0 Å². The summed E-state index contributed by atoms with van der Waals surface area (Å²) in [4.78, 5) is 0.141. The van der Waals surface area contributed by atoms with Gasteiger partial charge in [-0.15, -0.1) is 0 Å². The maximum Gasteiger partial charge on any atom is 0.296 e. The highest BCUT2D eigenvalue weighted by molar-refractivity contribution is 7.86. The first kappa shape index (κ1) is 16.6. The van der Waals surface area contributed by atoms with Crippen LogP contribution in [-0.4, -0.2) is 37.9 Å². The second-order valence-corrected chi connectivity index (χ2v) is 8.46. The number of aliphatic hydroxyl groups is 1. The zero-order chi connectivity index (χ0) is 16.8. The molecule has 0 spiro atoms. The fraction of sp³-hybridized carbons (Fsp3) is 0.529. The van der Waals surface area contributed by atoms with Gasteiger partial charge in [-0.05, 0) is 32.9 Å². The molecule has 2 heterocycles. The molecule has 5 nitrogen and oxygen atoms in total. The van der Waals surface area contributed by atoms with Gasteiger partial charge in [0.2, 0.25) is 0 Å². The van der Waals surface area contributed by atoms with E-state index in [0.29, 0.717) is 0 Å². The van der Waals surface area contributed by atoms with Crippen LogP contribution in [0.3, 0.4) is 0 Å². The van der Waals surface area contributed by atoms with E-state index in [1.54, 1.807) is 26.0 Å². The summed E-state index contributed by atoms with van der Waals surface area (Å²) < 4.78 is 35.7. The van der Waals surface area contributed by atoms with E-state index in [2.05, 4.69) is 0 Å². The SMILES string of the molecule is Cc1ccc(S(=O)(=O)OCC2C3C=CC(O3)C2C(C)(C)O)cc1. The first-order valence-electron chi connectivity index (χ1n) is 7.71. The molecule has 2 bridgehead atoms. The van der Waals surface area contributed by atoms with Gasteiger partial charge in [0.15, 0.2) is 0 Å². The van der Waals surface area contributed by atoms with Crippen molar-refractivity contribution in [3.63, 3.8) is 0 Å². The van der Waals surface area contributed by atoms with Crippen molar-refractivity contribution < 1.29 is 22.4 Å². The van der Waals surface area contributed by atoms with Gasteiger partial charge in [0.25, 0.3) is 10.1 Å². The van der Waals surface area contributed by atoms with Gasteiger partial charge < -0.3 is 9.84 Å². The second-order valence-electron chi connectivity index (χ2n) is 6.85. The van der Waals surface area contributed by atoms with E-state index in [0.717, 1.165) is 5.56 Å². The Balaban J connectivity index is 1.74. The van der Waals surface area contributed by atoms with Gasteiger partial charge in [-0.3, -0.25) is 4.18 Å². The fourth-order valence-electron chi connectivity index (χ4n) is 3.45. The average molecular weight is 338 g/mol. The lowest BCUT2D eigenvalue weighted by Crippen LogP contribution is -2.43. The Bertz CT molecular complexity index is 699. The number of rotatable bonds is 5. The maximum atomic E-state index is 12.3. The van der Waals surface area contributed by atoms with Crippen LogP contribution in [0.15, 0.2) is 41.3 Å². The molecule has 0 radical (unpaired) electrons. The van der Waals surface area contributed by atoms with Gasteiger partial charge in [-0.25, -0.2) is 0 Å². The predicted molar refractivity (Wildman–Crippen MR) is 85.4 cm³/mol. The number of aryl methyl sites for hydroxylation is 1. The summed E-state index contributed by atoms with van der Waals surface area (Å²) in [7, 11) is -3.81. The van der Waals surface area contributed by atoms with Gasteiger partial charge >= 0.3 is 0 Å². The van der Waals surface area contributed by atoms with Gasteiger partial charge in [-0.1, -0.05) is 29.8 Å². The van der Waals surface area contributed by atoms with E-state index < -0.39 is 15.7 Å². The molecule has 1 aromatic carbocycles. The molecule has 126 valence electrons. The average Bonchev–Trinajstić information content (AvgIpc) is 3.05. The minimum atomic E-state index is -3.81. The smallest absolute Gasteiger partial charge is 0.296 e. The molecule has 23 heavy (non-hydrogen) atoms. The van der Waals surface area contributed by atoms with Gasteiger partial charge in [-0.2, -0.15) is 8.42 Å². The summed E-state index contributed by atoms with van der Waals surface area (Å²) in [5, 5.41) is 10.4. The van der Waals surface area contributed by atoms with Crippen LogP contribution >= 0.6 is 0 Å². The molecule has 6 heteroatoms. The Morgan fingerprint density at radius 1 is 1.17 bits per heavy atom. The number of fused-ring (bicyclic) bond motifs is 2. The van der Waals surface area contributed by atoms with Crippen molar-refractivity contribution in [2.24, 2.45) is 11.8 Å². The van der Waals surface area contributed by atoms with E-state index in [4.69, 9.17) is 8.92 Å². The molecule has 0 aliphatic carbocycles. The predicted octanol–water partition coefficient (Wildman–Crippen LogP) is 2.04. The molecule has 3 rings (SSSR count). The topological polar surface area (TPSA) is 72.8 Å². The highest BCUT2D eigenvalue weighted by Crippen LogP contribution is 2.44. The normalized spacial score (nSPS) is 30.1. The molecular formula is C17H22O5S. The standard InChI is InChI=1S/C17H22O5S/c1-11-4-6-12(7-5-11)23(19,20)21-10-13-14-8-9-15(22-14)16(13)17(2,3)18/h4-9,13-16,18H,10H2,1-3H3. The van der Waals surface area contributed by atoms with Crippen molar-refractivity contribution in [1.82, 2.24) is 0 Å². The number of hydrogen-bond acceptors (Lipinski definition) is 5. The molecule has 2 aliphatic heterocycles. The molecule has 1 aromatic rings. The van der Waals surface area contributed by atoms with E-state index in [1.807, 2.05) is 19.1 Å². The number of benzene rings is 1. The Morgan fingerprint density at radius 3 is 2.39 bits per heavy atom. The van der Waals surface area contributed by atoms with E-state index in [1.165, 1.54) is 12.1 Å². The van der Waals surface area contributed by atoms with Gasteiger partial charge in [0.1, 0.15) is 0 Å². The van der Waals surface area contributed by atoms with Crippen molar-refractivity contribution in [3.05, 3.63) is 42.0 Å². The quantitative estimate of drug-likeness (QED) is 0.657. The Hall–Kier alpha value is -1.21. The summed E-state index contributed by atoms with van der Waals surface area (Å²) in [6, 6.07) is 6.54. The lowest BCUT2D eigenvalue weighted by atomic mass is 9.74. The summed E-state index contributed by atoms with van der Waals surface area (Å²) >= 11 is 0. The highest BCUT2D eigenvalue weighted by atomic mass is 32.2. The Kier molecular flexibility index (Phi) is 4.13. The lowest BCUT2D eigenvalue weighted by Gasteiger charge is -2.34. The zero-order valence-corrected chi connectivity index (χ0v) is 14.3. The Morgan fingerprint density at radius 2 is 1.78 bits per heavy atom. The van der Waals surface area contributed by atoms with E-state index in [9.17, 15) is 13.5 Å². The second kappa shape index (κ2) is 5.70. The molecule has 4 atom stereocenters. The summed E-state index contributed by atoms with van der Waals surface area (Å²) in [6.07, 6.45) is 3.46. The molecule has 2 aliphatic rings. The molecule has 1 N–H and O–H groups in total. The monoisotopic (exact) mass is 338 g/mol. The van der Waals surface area contributed by atoms with Crippen LogP contribution in [0.2, 0.25) is 0 Å². The first-order valence-corrected chi connectivity index (χ1v) is 9.11. The third-order valence-electron chi connectivity index (χ3n) is 4.58. The molecule has 1 saturated heterocycles. The van der Waals surface area contributed by atoms with Crippen molar-refractivity contribution in [1.29, 1.82) is 0 Å². The minimum absolute atomic E-state index is 0.00360. The van der Waals surface area contributed by atoms with Crippen LogP contribution in [0.4, 0.5) is 0 Å². The third-order valence-corrected chi connectivity index (χ3v) is 5.88. The minimum Gasteiger partial charge on any atom is -0.390 e. The molecular weight excluding hydrogens is 316 g/mol. The van der Waals surface area contributed by atoms with Crippen molar-refractivity contribution in [3.8, 4) is 0 Å². The van der Waals surface area contributed by atoms with Crippen molar-refractivity contribution in [2.45, 2.75) is 43.5 Å². The fourth-order valence-corrected chi connectivity index (χ4v) is 4.39. The maximum absolute atomic E-state index is 12.3. The van der Waals surface area contributed by atoms with Crippen LogP contribution in [0, 0.1) is 18.8 Å². The third kappa shape index (κ3) is 3.21. The summed E-state index contributed by atoms with van der Waals surface area (Å²) in [5.41, 5.74) is 0.0175. The van der Waals surface area contributed by atoms with E-state index in [-0.39, 0.29) is 35.5 Å². The molecule has 0 amide bonds. The largest absolute Gasteiger partial charge is 0.390 e. The van der Waals surface area contributed by atoms with Crippen molar-refractivity contribution >= 4 is 10.1 Å². The highest BCUT2D eigenvalue weighted by Gasteiger charge is 2.52. The summed E-state index contributed by atoms with van der Waals surface area (Å²) in [5.74, 6) is -0.379. The first-order chi connectivity index (χ1) is 10.7. The van der Waals surface area contributed by atoms with Crippen LogP contribution in [0.25, 0.3) is 0 Å². The molecule has 1 fully saturated rings. The number of ether oxygens (including phenoxy) is 1. The zero-order valence-electron chi connectivity index (χ0n) is 13.5. The number of hydrogen-bond donors (Lipinski definition) is 1. The Labute approximate surface area is 137 Å². The summed E-state index contributed by atoms with van der Waals surface area (Å²) in [6.45, 7) is 5.33. The molecule has 0 aromatic heterocycles. The van der Waals surface area contributed by atoms with Crippen molar-refractivity contribution in [2.75, 3.05) is 6.61 Å². The van der Waals surface area contributed by atoms with Gasteiger partial charge in [0, 0.05) is 11.8 Å². The molecule has 0 saturated carbocycles.